The number of likely N-dealkylation sites (tertiary alicyclic amines) is 1. The third-order valence-corrected chi connectivity index (χ3v) is 4.52. The maximum atomic E-state index is 12.8. The zero-order valence-electron chi connectivity index (χ0n) is 11.1. The highest BCUT2D eigenvalue weighted by Gasteiger charge is 2.57. The number of nitrogens with zero attached hydrogens (tertiary/aromatic N) is 1. The molecule has 1 N–H and O–H groups in total. The van der Waals surface area contributed by atoms with Crippen molar-refractivity contribution in [3.8, 4) is 0 Å². The zero-order chi connectivity index (χ0) is 15.8. The second-order valence-corrected chi connectivity index (χ2v) is 6.14. The monoisotopic (exact) mass is 339 g/mol. The molecule has 0 radical (unpaired) electrons. The van der Waals surface area contributed by atoms with E-state index in [2.05, 4.69) is 0 Å². The van der Waals surface area contributed by atoms with Gasteiger partial charge in [-0.05, 0) is 24.5 Å². The zero-order valence-corrected chi connectivity index (χ0v) is 12.6. The Kier molecular flexibility index (Phi) is 4.46. The normalized spacial score (nSPS) is 22.7. The van der Waals surface area contributed by atoms with Crippen molar-refractivity contribution in [2.24, 2.45) is 0 Å². The number of rotatable bonds is 2. The number of benzene rings is 1. The first-order valence-electron chi connectivity index (χ1n) is 6.10. The molecule has 0 saturated carbocycles. The molecule has 0 aliphatic carbocycles. The molecule has 8 heteroatoms. The highest BCUT2D eigenvalue weighted by molar-refractivity contribution is 7.98. The highest BCUT2D eigenvalue weighted by atomic mass is 35.5. The van der Waals surface area contributed by atoms with Gasteiger partial charge in [-0.3, -0.25) is 4.79 Å². The molecule has 0 spiro atoms. The van der Waals surface area contributed by atoms with Crippen LogP contribution in [0.1, 0.15) is 16.8 Å². The summed E-state index contributed by atoms with van der Waals surface area (Å²) >= 11 is 7.34. The molecular weight excluding hydrogens is 327 g/mol. The molecule has 1 aromatic carbocycles. The summed E-state index contributed by atoms with van der Waals surface area (Å²) in [6.45, 7) is -0.927. The maximum absolute atomic E-state index is 12.8. The molecule has 1 atom stereocenters. The first-order valence-corrected chi connectivity index (χ1v) is 7.70. The number of aliphatic hydroxyl groups is 1. The molecule has 0 aromatic heterocycles. The van der Waals surface area contributed by atoms with Crippen LogP contribution in [0.2, 0.25) is 5.02 Å². The van der Waals surface area contributed by atoms with Crippen LogP contribution < -0.4 is 0 Å². The topological polar surface area (TPSA) is 40.5 Å². The predicted octanol–water partition coefficient (Wildman–Crippen LogP) is 3.20. The fourth-order valence-electron chi connectivity index (χ4n) is 2.16. The molecule has 1 aliphatic heterocycles. The van der Waals surface area contributed by atoms with E-state index in [0.717, 1.165) is 9.80 Å². The van der Waals surface area contributed by atoms with Gasteiger partial charge in [-0.15, -0.1) is 11.8 Å². The van der Waals surface area contributed by atoms with E-state index < -0.39 is 30.7 Å². The van der Waals surface area contributed by atoms with Gasteiger partial charge in [-0.25, -0.2) is 0 Å². The average Bonchev–Trinajstić information content (AvgIpc) is 2.82. The van der Waals surface area contributed by atoms with Gasteiger partial charge in [-0.2, -0.15) is 13.2 Å². The molecule has 1 aliphatic rings. The van der Waals surface area contributed by atoms with Crippen molar-refractivity contribution < 1.29 is 23.1 Å². The highest BCUT2D eigenvalue weighted by Crippen LogP contribution is 2.38. The summed E-state index contributed by atoms with van der Waals surface area (Å²) < 4.78 is 38.3. The van der Waals surface area contributed by atoms with Crippen molar-refractivity contribution in [3.05, 3.63) is 28.8 Å². The number of carbonyl (C=O) groups excluding carboxylic acids is 1. The number of β-amino-alcohol motifs (C(OH)–C–C–N with tert-alkyl or cyclic N) is 1. The minimum Gasteiger partial charge on any atom is -0.379 e. The Morgan fingerprint density at radius 1 is 1.48 bits per heavy atom. The Balaban J connectivity index is 2.23. The van der Waals surface area contributed by atoms with Crippen LogP contribution in [0, 0.1) is 0 Å². The van der Waals surface area contributed by atoms with Crippen LogP contribution in [0.5, 0.6) is 0 Å². The van der Waals surface area contributed by atoms with E-state index in [1.165, 1.54) is 17.8 Å². The quantitative estimate of drug-likeness (QED) is 0.841. The van der Waals surface area contributed by atoms with Crippen LogP contribution in [0.4, 0.5) is 13.2 Å². The number of alkyl halides is 3. The van der Waals surface area contributed by atoms with Crippen LogP contribution in [-0.4, -0.2) is 47.0 Å². The second-order valence-electron chi connectivity index (χ2n) is 4.85. The third-order valence-electron chi connectivity index (χ3n) is 3.47. The lowest BCUT2D eigenvalue weighted by Crippen LogP contribution is -2.48. The Hall–Kier alpha value is -0.920. The van der Waals surface area contributed by atoms with E-state index >= 15 is 0 Å². The molecular formula is C13H13ClF3NO2S. The minimum atomic E-state index is -4.76. The Morgan fingerprint density at radius 2 is 2.14 bits per heavy atom. The van der Waals surface area contributed by atoms with Crippen LogP contribution >= 0.6 is 23.4 Å². The van der Waals surface area contributed by atoms with Crippen molar-refractivity contribution in [1.82, 2.24) is 4.90 Å². The lowest BCUT2D eigenvalue weighted by Gasteiger charge is -2.26. The molecule has 1 saturated heterocycles. The second kappa shape index (κ2) is 5.70. The lowest BCUT2D eigenvalue weighted by molar-refractivity contribution is -0.253. The van der Waals surface area contributed by atoms with E-state index in [9.17, 15) is 23.1 Å². The van der Waals surface area contributed by atoms with E-state index in [1.54, 1.807) is 12.1 Å². The molecule has 1 aromatic rings. The van der Waals surface area contributed by atoms with E-state index in [-0.39, 0.29) is 17.1 Å². The fourth-order valence-corrected chi connectivity index (χ4v) is 2.80. The number of halogens is 4. The van der Waals surface area contributed by atoms with E-state index in [0.29, 0.717) is 0 Å². The van der Waals surface area contributed by atoms with Gasteiger partial charge in [0.05, 0.1) is 17.1 Å². The van der Waals surface area contributed by atoms with Crippen molar-refractivity contribution in [2.75, 3.05) is 19.3 Å². The molecule has 1 unspecified atom stereocenters. The fraction of sp³-hybridized carbons (Fsp3) is 0.462. The van der Waals surface area contributed by atoms with Crippen molar-refractivity contribution in [1.29, 1.82) is 0 Å². The molecule has 0 bridgehead atoms. The Labute approximate surface area is 129 Å². The summed E-state index contributed by atoms with van der Waals surface area (Å²) in [5.41, 5.74) is -2.69. The number of carbonyl (C=O) groups is 1. The van der Waals surface area contributed by atoms with Crippen molar-refractivity contribution in [3.63, 3.8) is 0 Å². The number of amides is 1. The summed E-state index contributed by atoms with van der Waals surface area (Å²) in [7, 11) is 0. The Morgan fingerprint density at radius 3 is 2.67 bits per heavy atom. The molecule has 21 heavy (non-hydrogen) atoms. The predicted molar refractivity (Wildman–Crippen MR) is 74.8 cm³/mol. The van der Waals surface area contributed by atoms with Crippen LogP contribution in [0.25, 0.3) is 0 Å². The summed E-state index contributed by atoms with van der Waals surface area (Å²) in [6.07, 6.45) is -3.47. The van der Waals surface area contributed by atoms with Gasteiger partial charge in [0, 0.05) is 17.9 Å². The number of hydrogen-bond donors (Lipinski definition) is 1. The van der Waals surface area contributed by atoms with Crippen LogP contribution in [-0.2, 0) is 0 Å². The van der Waals surface area contributed by atoms with Crippen LogP contribution in [0.15, 0.2) is 23.1 Å². The summed E-state index contributed by atoms with van der Waals surface area (Å²) in [5.74, 6) is -0.601. The van der Waals surface area contributed by atoms with Crippen molar-refractivity contribution in [2.45, 2.75) is 23.1 Å². The van der Waals surface area contributed by atoms with Crippen molar-refractivity contribution >= 4 is 29.3 Å². The van der Waals surface area contributed by atoms with Crippen LogP contribution in [0.3, 0.4) is 0 Å². The molecule has 1 heterocycles. The van der Waals surface area contributed by atoms with Gasteiger partial charge in [-0.1, -0.05) is 11.6 Å². The van der Waals surface area contributed by atoms with Gasteiger partial charge in [0.2, 0.25) is 0 Å². The van der Waals surface area contributed by atoms with Gasteiger partial charge in [0.15, 0.2) is 5.60 Å². The molecule has 3 nitrogen and oxygen atoms in total. The van der Waals surface area contributed by atoms with Gasteiger partial charge >= 0.3 is 6.18 Å². The molecule has 116 valence electrons. The minimum absolute atomic E-state index is 0.148. The first-order chi connectivity index (χ1) is 9.68. The average molecular weight is 340 g/mol. The number of hydrogen-bond acceptors (Lipinski definition) is 3. The third kappa shape index (κ3) is 3.14. The summed E-state index contributed by atoms with van der Waals surface area (Å²) in [6, 6.07) is 4.80. The molecule has 1 amide bonds. The van der Waals surface area contributed by atoms with E-state index in [1.807, 2.05) is 6.26 Å². The van der Waals surface area contributed by atoms with Gasteiger partial charge in [0.1, 0.15) is 0 Å². The maximum Gasteiger partial charge on any atom is 0.419 e. The standard InChI is InChI=1S/C13H13ClF3NO2S/c1-21-8-2-3-10(14)9(6-8)11(19)18-5-4-12(20,7-18)13(15,16)17/h2-3,6,20H,4-5,7H2,1H3. The van der Waals surface area contributed by atoms with Gasteiger partial charge in [0.25, 0.3) is 5.91 Å². The number of thioether (sulfide) groups is 1. The smallest absolute Gasteiger partial charge is 0.379 e. The lowest BCUT2D eigenvalue weighted by atomic mass is 10.0. The summed E-state index contributed by atoms with van der Waals surface area (Å²) in [5, 5.41) is 9.79. The SMILES string of the molecule is CSc1ccc(Cl)c(C(=O)N2CCC(O)(C(F)(F)F)C2)c1. The molecule has 2 rings (SSSR count). The largest absolute Gasteiger partial charge is 0.419 e. The first kappa shape index (κ1) is 16.5. The van der Waals surface area contributed by atoms with E-state index in [4.69, 9.17) is 11.6 Å². The van der Waals surface area contributed by atoms with Gasteiger partial charge < -0.3 is 10.0 Å². The molecule has 1 fully saturated rings. The Bertz CT molecular complexity index is 567. The summed E-state index contributed by atoms with van der Waals surface area (Å²) in [4.78, 5) is 14.1.